The Balaban J connectivity index is 0. The van der Waals surface area contributed by atoms with Gasteiger partial charge in [0.15, 0.2) is 0 Å². The SMILES string of the molecule is CC.CC.CC1CCN(C(=O)OC(C)C)CC1. The topological polar surface area (TPSA) is 29.5 Å². The summed E-state index contributed by atoms with van der Waals surface area (Å²) >= 11 is 0. The molecule has 1 heterocycles. The third kappa shape index (κ3) is 9.02. The highest BCUT2D eigenvalue weighted by Gasteiger charge is 2.21. The molecule has 1 saturated heterocycles. The quantitative estimate of drug-likeness (QED) is 0.688. The van der Waals surface area contributed by atoms with Crippen LogP contribution in [0.2, 0.25) is 0 Å². The molecule has 0 atom stereocenters. The van der Waals surface area contributed by atoms with E-state index in [9.17, 15) is 4.79 Å². The van der Waals surface area contributed by atoms with Crippen LogP contribution < -0.4 is 0 Å². The predicted molar refractivity (Wildman–Crippen MR) is 74.3 cm³/mol. The van der Waals surface area contributed by atoms with Crippen molar-refractivity contribution in [2.75, 3.05) is 13.1 Å². The van der Waals surface area contributed by atoms with Crippen LogP contribution in [-0.2, 0) is 4.74 Å². The van der Waals surface area contributed by atoms with E-state index in [1.54, 1.807) is 4.90 Å². The number of carbonyl (C=O) groups is 1. The molecular formula is C14H31NO2. The summed E-state index contributed by atoms with van der Waals surface area (Å²) in [5, 5.41) is 0. The van der Waals surface area contributed by atoms with E-state index in [4.69, 9.17) is 4.74 Å². The number of carbonyl (C=O) groups excluding carboxylic acids is 1. The third-order valence-electron chi connectivity index (χ3n) is 2.38. The standard InChI is InChI=1S/C10H19NO2.2C2H6/c1-8(2)13-10(12)11-6-4-9(3)5-7-11;2*1-2/h8-9H,4-7H2,1-3H3;2*1-2H3. The van der Waals surface area contributed by atoms with Crippen molar-refractivity contribution in [3.05, 3.63) is 0 Å². The molecule has 1 aliphatic heterocycles. The fourth-order valence-electron chi connectivity index (χ4n) is 1.47. The molecule has 0 aromatic carbocycles. The van der Waals surface area contributed by atoms with Crippen LogP contribution in [0.1, 0.15) is 61.3 Å². The van der Waals surface area contributed by atoms with E-state index in [1.807, 2.05) is 41.5 Å². The van der Waals surface area contributed by atoms with E-state index in [0.29, 0.717) is 0 Å². The molecule has 0 radical (unpaired) electrons. The Morgan fingerprint density at radius 2 is 1.53 bits per heavy atom. The fraction of sp³-hybridized carbons (Fsp3) is 0.929. The first-order valence-electron chi connectivity index (χ1n) is 7.05. The van der Waals surface area contributed by atoms with Crippen LogP contribution in [0.15, 0.2) is 0 Å². The van der Waals surface area contributed by atoms with E-state index in [-0.39, 0.29) is 12.2 Å². The van der Waals surface area contributed by atoms with Crippen molar-refractivity contribution in [2.24, 2.45) is 5.92 Å². The summed E-state index contributed by atoms with van der Waals surface area (Å²) < 4.78 is 5.11. The molecule has 0 spiro atoms. The Hall–Kier alpha value is -0.730. The second-order valence-corrected chi connectivity index (χ2v) is 4.10. The van der Waals surface area contributed by atoms with Gasteiger partial charge in [0.25, 0.3) is 0 Å². The third-order valence-corrected chi connectivity index (χ3v) is 2.38. The molecule has 0 bridgehead atoms. The number of piperidine rings is 1. The maximum Gasteiger partial charge on any atom is 0.410 e. The molecule has 1 aliphatic rings. The van der Waals surface area contributed by atoms with Crippen LogP contribution in [0.25, 0.3) is 0 Å². The van der Waals surface area contributed by atoms with Gasteiger partial charge < -0.3 is 9.64 Å². The van der Waals surface area contributed by atoms with E-state index >= 15 is 0 Å². The molecule has 0 saturated carbocycles. The highest BCUT2D eigenvalue weighted by molar-refractivity contribution is 5.67. The van der Waals surface area contributed by atoms with Gasteiger partial charge in [-0.25, -0.2) is 4.79 Å². The molecule has 0 aliphatic carbocycles. The summed E-state index contributed by atoms with van der Waals surface area (Å²) in [6.07, 6.45) is 2.05. The van der Waals surface area contributed by atoms with Gasteiger partial charge in [0.05, 0.1) is 6.10 Å². The lowest BCUT2D eigenvalue weighted by molar-refractivity contribution is 0.0665. The first kappa shape index (κ1) is 18.6. The molecule has 17 heavy (non-hydrogen) atoms. The number of ether oxygens (including phenoxy) is 1. The second-order valence-electron chi connectivity index (χ2n) is 4.10. The monoisotopic (exact) mass is 245 g/mol. The van der Waals surface area contributed by atoms with Gasteiger partial charge in [-0.05, 0) is 32.6 Å². The largest absolute Gasteiger partial charge is 0.447 e. The molecule has 104 valence electrons. The van der Waals surface area contributed by atoms with Gasteiger partial charge in [-0.1, -0.05) is 34.6 Å². The predicted octanol–water partition coefficient (Wildman–Crippen LogP) is 4.32. The van der Waals surface area contributed by atoms with Crippen LogP contribution in [-0.4, -0.2) is 30.2 Å². The van der Waals surface area contributed by atoms with Crippen molar-refractivity contribution in [1.82, 2.24) is 4.90 Å². The van der Waals surface area contributed by atoms with Crippen molar-refractivity contribution in [1.29, 1.82) is 0 Å². The van der Waals surface area contributed by atoms with Crippen molar-refractivity contribution in [2.45, 2.75) is 67.4 Å². The summed E-state index contributed by atoms with van der Waals surface area (Å²) in [5.74, 6) is 0.753. The zero-order chi connectivity index (χ0) is 13.8. The Bertz CT molecular complexity index is 173. The van der Waals surface area contributed by atoms with Gasteiger partial charge in [-0.3, -0.25) is 0 Å². The lowest BCUT2D eigenvalue weighted by Crippen LogP contribution is -2.39. The first-order chi connectivity index (χ1) is 8.09. The Kier molecular flexibility index (Phi) is 12.9. The smallest absolute Gasteiger partial charge is 0.410 e. The number of likely N-dealkylation sites (tertiary alicyclic amines) is 1. The van der Waals surface area contributed by atoms with E-state index < -0.39 is 0 Å². The van der Waals surface area contributed by atoms with Crippen LogP contribution in [0.5, 0.6) is 0 Å². The molecule has 3 nitrogen and oxygen atoms in total. The number of amides is 1. The minimum atomic E-state index is -0.151. The molecule has 1 fully saturated rings. The number of rotatable bonds is 1. The van der Waals surface area contributed by atoms with Crippen LogP contribution >= 0.6 is 0 Å². The normalized spacial score (nSPS) is 15.4. The molecule has 1 rings (SSSR count). The molecule has 0 aromatic heterocycles. The first-order valence-corrected chi connectivity index (χ1v) is 7.05. The summed E-state index contributed by atoms with van der Waals surface area (Å²) in [6.45, 7) is 15.7. The van der Waals surface area contributed by atoms with Gasteiger partial charge >= 0.3 is 6.09 Å². The zero-order valence-electron chi connectivity index (χ0n) is 12.7. The average Bonchev–Trinajstić information content (AvgIpc) is 2.34. The van der Waals surface area contributed by atoms with Crippen LogP contribution in [0.4, 0.5) is 4.79 Å². The highest BCUT2D eigenvalue weighted by Crippen LogP contribution is 2.16. The van der Waals surface area contributed by atoms with Gasteiger partial charge in [0.1, 0.15) is 0 Å². The molecule has 0 aromatic rings. The highest BCUT2D eigenvalue weighted by atomic mass is 16.6. The Labute approximate surface area is 108 Å². The van der Waals surface area contributed by atoms with Gasteiger partial charge in [-0.15, -0.1) is 0 Å². The van der Waals surface area contributed by atoms with Crippen LogP contribution in [0, 0.1) is 5.92 Å². The molecule has 1 amide bonds. The second kappa shape index (κ2) is 11.7. The van der Waals surface area contributed by atoms with Crippen LogP contribution in [0.3, 0.4) is 0 Å². The number of nitrogens with zero attached hydrogens (tertiary/aromatic N) is 1. The summed E-state index contributed by atoms with van der Waals surface area (Å²) in [5.41, 5.74) is 0. The summed E-state index contributed by atoms with van der Waals surface area (Å²) in [6, 6.07) is 0. The summed E-state index contributed by atoms with van der Waals surface area (Å²) in [4.78, 5) is 13.2. The maximum absolute atomic E-state index is 11.4. The maximum atomic E-state index is 11.4. The minimum Gasteiger partial charge on any atom is -0.447 e. The van der Waals surface area contributed by atoms with E-state index in [0.717, 1.165) is 31.8 Å². The molecule has 0 unspecified atom stereocenters. The van der Waals surface area contributed by atoms with Crippen molar-refractivity contribution < 1.29 is 9.53 Å². The lowest BCUT2D eigenvalue weighted by atomic mass is 10.00. The summed E-state index contributed by atoms with van der Waals surface area (Å²) in [7, 11) is 0. The lowest BCUT2D eigenvalue weighted by Gasteiger charge is -2.30. The molecular weight excluding hydrogens is 214 g/mol. The fourth-order valence-corrected chi connectivity index (χ4v) is 1.47. The van der Waals surface area contributed by atoms with Crippen molar-refractivity contribution >= 4 is 6.09 Å². The average molecular weight is 245 g/mol. The molecule has 0 N–H and O–H groups in total. The van der Waals surface area contributed by atoms with Gasteiger partial charge in [0.2, 0.25) is 0 Å². The Morgan fingerprint density at radius 1 is 1.12 bits per heavy atom. The number of hydrogen-bond donors (Lipinski definition) is 0. The minimum absolute atomic E-state index is 0.00755. The Morgan fingerprint density at radius 3 is 1.88 bits per heavy atom. The zero-order valence-corrected chi connectivity index (χ0v) is 12.7. The van der Waals surface area contributed by atoms with E-state index in [2.05, 4.69) is 6.92 Å². The van der Waals surface area contributed by atoms with Crippen molar-refractivity contribution in [3.63, 3.8) is 0 Å². The number of hydrogen-bond acceptors (Lipinski definition) is 2. The van der Waals surface area contributed by atoms with E-state index in [1.165, 1.54) is 0 Å². The van der Waals surface area contributed by atoms with Gasteiger partial charge in [0, 0.05) is 13.1 Å². The van der Waals surface area contributed by atoms with Gasteiger partial charge in [-0.2, -0.15) is 0 Å². The molecule has 3 heteroatoms. The van der Waals surface area contributed by atoms with Crippen molar-refractivity contribution in [3.8, 4) is 0 Å².